The molecule has 0 fully saturated rings. The Kier molecular flexibility index (Phi) is 4.85. The summed E-state index contributed by atoms with van der Waals surface area (Å²) in [5.41, 5.74) is 5.97. The lowest BCUT2D eigenvalue weighted by Crippen LogP contribution is -2.42. The number of aryl methyl sites for hydroxylation is 2. The maximum Gasteiger partial charge on any atom is 0.333 e. The molecule has 0 aromatic carbocycles. The molecule has 7 heteroatoms. The van der Waals surface area contributed by atoms with E-state index in [0.29, 0.717) is 24.1 Å². The highest BCUT2D eigenvalue weighted by Gasteiger charge is 2.22. The molecule has 7 nitrogen and oxygen atoms in total. The Morgan fingerprint density at radius 2 is 1.86 bits per heavy atom. The first kappa shape index (κ1) is 16.5. The van der Waals surface area contributed by atoms with Gasteiger partial charge in [0.15, 0.2) is 11.2 Å². The van der Waals surface area contributed by atoms with Crippen molar-refractivity contribution in [3.05, 3.63) is 26.7 Å². The van der Waals surface area contributed by atoms with E-state index < -0.39 is 0 Å². The van der Waals surface area contributed by atoms with Crippen LogP contribution < -0.4 is 17.0 Å². The Labute approximate surface area is 129 Å². The van der Waals surface area contributed by atoms with Crippen LogP contribution >= 0.6 is 0 Å². The second-order valence-corrected chi connectivity index (χ2v) is 5.45. The summed E-state index contributed by atoms with van der Waals surface area (Å²) in [6.07, 6.45) is 1.50. The van der Waals surface area contributed by atoms with Crippen LogP contribution in [0.25, 0.3) is 11.2 Å². The molecule has 0 aliphatic heterocycles. The van der Waals surface area contributed by atoms with Crippen molar-refractivity contribution in [2.75, 3.05) is 6.54 Å². The lowest BCUT2D eigenvalue weighted by molar-refractivity contribution is 0.484. The molecule has 2 heterocycles. The third kappa shape index (κ3) is 2.39. The standard InChI is InChI=1S/C15H25N5O2/c1-5-10(4)20-13-12(18(7-3)11(6-2)17-13)14(21)19(9-8-16)15(20)22/h10H,5-9,16H2,1-4H3. The van der Waals surface area contributed by atoms with Crippen molar-refractivity contribution in [2.45, 2.75) is 59.7 Å². The molecule has 0 saturated heterocycles. The van der Waals surface area contributed by atoms with Gasteiger partial charge < -0.3 is 10.3 Å². The fraction of sp³-hybridized carbons (Fsp3) is 0.667. The molecule has 0 bridgehead atoms. The van der Waals surface area contributed by atoms with Crippen LogP contribution in [0.4, 0.5) is 0 Å². The van der Waals surface area contributed by atoms with Gasteiger partial charge in [-0.3, -0.25) is 13.9 Å². The molecule has 2 aromatic heterocycles. The molecule has 2 aromatic rings. The summed E-state index contributed by atoms with van der Waals surface area (Å²) in [4.78, 5) is 30.0. The molecular formula is C15H25N5O2. The van der Waals surface area contributed by atoms with Gasteiger partial charge in [0, 0.05) is 32.1 Å². The molecule has 0 aliphatic carbocycles. The maximum atomic E-state index is 12.7. The fourth-order valence-corrected chi connectivity index (χ4v) is 2.82. The van der Waals surface area contributed by atoms with E-state index in [9.17, 15) is 9.59 Å². The summed E-state index contributed by atoms with van der Waals surface area (Å²) in [5.74, 6) is 0.830. The van der Waals surface area contributed by atoms with Crippen LogP contribution in [0.1, 0.15) is 46.0 Å². The minimum atomic E-state index is -0.319. The Morgan fingerprint density at radius 3 is 2.36 bits per heavy atom. The summed E-state index contributed by atoms with van der Waals surface area (Å²) in [5, 5.41) is 0. The Balaban J connectivity index is 3.01. The van der Waals surface area contributed by atoms with E-state index in [1.54, 1.807) is 4.57 Å². The molecule has 1 unspecified atom stereocenters. The fourth-order valence-electron chi connectivity index (χ4n) is 2.82. The molecule has 22 heavy (non-hydrogen) atoms. The molecule has 2 N–H and O–H groups in total. The van der Waals surface area contributed by atoms with E-state index in [4.69, 9.17) is 5.73 Å². The molecule has 0 amide bonds. The topological polar surface area (TPSA) is 87.8 Å². The van der Waals surface area contributed by atoms with Gasteiger partial charge in [-0.2, -0.15) is 0 Å². The van der Waals surface area contributed by atoms with Crippen molar-refractivity contribution < 1.29 is 0 Å². The summed E-state index contributed by atoms with van der Waals surface area (Å²) < 4.78 is 4.78. The molecule has 1 atom stereocenters. The number of aromatic nitrogens is 4. The summed E-state index contributed by atoms with van der Waals surface area (Å²) in [6.45, 7) is 9.08. The van der Waals surface area contributed by atoms with Gasteiger partial charge in [-0.05, 0) is 20.3 Å². The molecule has 122 valence electrons. The summed E-state index contributed by atoms with van der Waals surface area (Å²) >= 11 is 0. The van der Waals surface area contributed by atoms with Crippen LogP contribution in [-0.4, -0.2) is 25.2 Å². The maximum absolute atomic E-state index is 12.7. The largest absolute Gasteiger partial charge is 0.333 e. The predicted octanol–water partition coefficient (Wildman–Crippen LogP) is 0.872. The minimum Gasteiger partial charge on any atom is -0.329 e. The van der Waals surface area contributed by atoms with Crippen LogP contribution in [-0.2, 0) is 19.5 Å². The van der Waals surface area contributed by atoms with Gasteiger partial charge >= 0.3 is 5.69 Å². The monoisotopic (exact) mass is 307 g/mol. The molecule has 0 radical (unpaired) electrons. The van der Waals surface area contributed by atoms with Crippen molar-refractivity contribution in [3.8, 4) is 0 Å². The first-order chi connectivity index (χ1) is 10.5. The molecule has 0 spiro atoms. The van der Waals surface area contributed by atoms with Crippen molar-refractivity contribution in [2.24, 2.45) is 5.73 Å². The van der Waals surface area contributed by atoms with Crippen LogP contribution in [0.15, 0.2) is 9.59 Å². The third-order valence-electron chi connectivity index (χ3n) is 4.16. The number of hydrogen-bond donors (Lipinski definition) is 1. The van der Waals surface area contributed by atoms with Crippen molar-refractivity contribution in [1.29, 1.82) is 0 Å². The van der Waals surface area contributed by atoms with E-state index in [1.807, 2.05) is 32.3 Å². The van der Waals surface area contributed by atoms with Gasteiger partial charge in [0.2, 0.25) is 0 Å². The van der Waals surface area contributed by atoms with Crippen LogP contribution in [0.5, 0.6) is 0 Å². The normalized spacial score (nSPS) is 13.0. The highest BCUT2D eigenvalue weighted by atomic mass is 16.2. The average molecular weight is 307 g/mol. The van der Waals surface area contributed by atoms with Gasteiger partial charge in [-0.25, -0.2) is 9.78 Å². The smallest absolute Gasteiger partial charge is 0.329 e. The second-order valence-electron chi connectivity index (χ2n) is 5.45. The summed E-state index contributed by atoms with van der Waals surface area (Å²) in [6, 6.07) is -0.0236. The average Bonchev–Trinajstić information content (AvgIpc) is 2.89. The van der Waals surface area contributed by atoms with E-state index >= 15 is 0 Å². The van der Waals surface area contributed by atoms with Crippen molar-refractivity contribution in [1.82, 2.24) is 18.7 Å². The molecule has 0 aliphatic rings. The van der Waals surface area contributed by atoms with Gasteiger partial charge in [0.1, 0.15) is 5.82 Å². The number of hydrogen-bond acceptors (Lipinski definition) is 4. The second kappa shape index (κ2) is 6.48. The van der Waals surface area contributed by atoms with E-state index in [0.717, 1.165) is 12.2 Å². The highest BCUT2D eigenvalue weighted by molar-refractivity contribution is 5.71. The first-order valence-corrected chi connectivity index (χ1v) is 7.96. The van der Waals surface area contributed by atoms with Crippen LogP contribution in [0, 0.1) is 0 Å². The Morgan fingerprint density at radius 1 is 1.18 bits per heavy atom. The zero-order valence-corrected chi connectivity index (χ0v) is 13.8. The number of rotatable bonds is 6. The van der Waals surface area contributed by atoms with Gasteiger partial charge in [0.05, 0.1) is 0 Å². The van der Waals surface area contributed by atoms with Crippen molar-refractivity contribution >= 4 is 11.2 Å². The lowest BCUT2D eigenvalue weighted by atomic mass is 10.2. The predicted molar refractivity (Wildman–Crippen MR) is 87.4 cm³/mol. The van der Waals surface area contributed by atoms with Crippen LogP contribution in [0.3, 0.4) is 0 Å². The molecule has 0 saturated carbocycles. The van der Waals surface area contributed by atoms with Crippen LogP contribution in [0.2, 0.25) is 0 Å². The van der Waals surface area contributed by atoms with Gasteiger partial charge in [-0.15, -0.1) is 0 Å². The summed E-state index contributed by atoms with van der Waals surface area (Å²) in [7, 11) is 0. The number of nitrogens with two attached hydrogens (primary N) is 1. The SMILES string of the molecule is CCc1nc2c(c(=O)n(CCN)c(=O)n2C(C)CC)n1CC. The number of fused-ring (bicyclic) bond motifs is 1. The van der Waals surface area contributed by atoms with E-state index in [2.05, 4.69) is 4.98 Å². The number of nitrogens with zero attached hydrogens (tertiary/aromatic N) is 4. The van der Waals surface area contributed by atoms with Gasteiger partial charge in [0.25, 0.3) is 5.56 Å². The quantitative estimate of drug-likeness (QED) is 0.858. The van der Waals surface area contributed by atoms with Gasteiger partial charge in [-0.1, -0.05) is 13.8 Å². The zero-order chi connectivity index (χ0) is 16.4. The van der Waals surface area contributed by atoms with E-state index in [1.165, 1.54) is 4.57 Å². The van der Waals surface area contributed by atoms with Crippen molar-refractivity contribution in [3.63, 3.8) is 0 Å². The third-order valence-corrected chi connectivity index (χ3v) is 4.16. The first-order valence-electron chi connectivity index (χ1n) is 7.96. The Hall–Kier alpha value is -1.89. The lowest BCUT2D eigenvalue weighted by Gasteiger charge is -2.16. The Bertz CT molecular complexity index is 784. The molecule has 2 rings (SSSR count). The zero-order valence-electron chi connectivity index (χ0n) is 13.8. The minimum absolute atomic E-state index is 0.0236. The number of imidazole rings is 1. The molecular weight excluding hydrogens is 282 g/mol. The highest BCUT2D eigenvalue weighted by Crippen LogP contribution is 2.17. The van der Waals surface area contributed by atoms with E-state index in [-0.39, 0.29) is 30.4 Å².